The summed E-state index contributed by atoms with van der Waals surface area (Å²) in [7, 11) is 0. The summed E-state index contributed by atoms with van der Waals surface area (Å²) in [6.45, 7) is 4.98. The van der Waals surface area contributed by atoms with Crippen LogP contribution in [0.25, 0.3) is 0 Å². The van der Waals surface area contributed by atoms with Gasteiger partial charge in [0.15, 0.2) is 0 Å². The molecule has 0 fully saturated rings. The molecule has 0 aliphatic carbocycles. The molecule has 0 aromatic carbocycles. The molecule has 0 spiro atoms. The highest BCUT2D eigenvalue weighted by atomic mass is 79.9. The van der Waals surface area contributed by atoms with Gasteiger partial charge in [0.25, 0.3) is 5.56 Å². The summed E-state index contributed by atoms with van der Waals surface area (Å²) in [5, 5.41) is 4.08. The van der Waals surface area contributed by atoms with Gasteiger partial charge in [-0.05, 0) is 35.8 Å². The fourth-order valence-electron chi connectivity index (χ4n) is 1.68. The lowest BCUT2D eigenvalue weighted by atomic mass is 10.3. The van der Waals surface area contributed by atoms with Crippen molar-refractivity contribution >= 4 is 15.9 Å². The number of halogens is 1. The minimum Gasteiger partial charge on any atom is -0.307 e. The highest BCUT2D eigenvalue weighted by Crippen LogP contribution is 2.09. The molecule has 2 heterocycles. The monoisotopic (exact) mass is 296 g/mol. The van der Waals surface area contributed by atoms with E-state index in [0.717, 1.165) is 16.8 Å². The Labute approximate surface area is 107 Å². The van der Waals surface area contributed by atoms with Gasteiger partial charge in [-0.2, -0.15) is 5.10 Å². The summed E-state index contributed by atoms with van der Waals surface area (Å²) < 4.78 is 4.30. The first-order valence-corrected chi connectivity index (χ1v) is 6.14. The number of aryl methyl sites for hydroxylation is 2. The van der Waals surface area contributed by atoms with E-state index in [9.17, 15) is 4.79 Å². The minimum atomic E-state index is -0.00106. The van der Waals surface area contributed by atoms with Crippen molar-refractivity contribution in [2.75, 3.05) is 0 Å². The average Bonchev–Trinajstić information content (AvgIpc) is 2.72. The molecular formula is C11H13BrN4O. The van der Waals surface area contributed by atoms with Crippen LogP contribution in [0.2, 0.25) is 0 Å². The fraction of sp³-hybridized carbons (Fsp3) is 0.364. The molecule has 2 aromatic rings. The van der Waals surface area contributed by atoms with Crippen LogP contribution >= 0.6 is 15.9 Å². The van der Waals surface area contributed by atoms with Gasteiger partial charge in [0, 0.05) is 22.8 Å². The quantitative estimate of drug-likeness (QED) is 0.864. The Kier molecular flexibility index (Phi) is 3.42. The molecule has 0 N–H and O–H groups in total. The van der Waals surface area contributed by atoms with Crippen molar-refractivity contribution in [3.63, 3.8) is 0 Å². The Bertz CT molecular complexity index is 587. The minimum absolute atomic E-state index is 0.00106. The van der Waals surface area contributed by atoms with Crippen LogP contribution in [-0.2, 0) is 13.1 Å². The maximum absolute atomic E-state index is 11.9. The zero-order valence-corrected chi connectivity index (χ0v) is 11.3. The van der Waals surface area contributed by atoms with Crippen molar-refractivity contribution in [1.29, 1.82) is 0 Å². The topological polar surface area (TPSA) is 52.7 Å². The summed E-state index contributed by atoms with van der Waals surface area (Å²) in [4.78, 5) is 16.1. The molecule has 17 heavy (non-hydrogen) atoms. The molecule has 6 heteroatoms. The lowest BCUT2D eigenvalue weighted by molar-refractivity contribution is 0.584. The second-order valence-corrected chi connectivity index (χ2v) is 4.68. The summed E-state index contributed by atoms with van der Waals surface area (Å²) in [5.41, 5.74) is 0.709. The van der Waals surface area contributed by atoms with Gasteiger partial charge in [-0.1, -0.05) is 0 Å². The number of rotatable bonds is 3. The van der Waals surface area contributed by atoms with Crippen LogP contribution in [0.5, 0.6) is 0 Å². The molecule has 2 aromatic heterocycles. The predicted molar refractivity (Wildman–Crippen MR) is 67.9 cm³/mol. The average molecular weight is 297 g/mol. The maximum atomic E-state index is 11.9. The Hall–Kier alpha value is -1.43. The van der Waals surface area contributed by atoms with Crippen LogP contribution in [0.4, 0.5) is 0 Å². The summed E-state index contributed by atoms with van der Waals surface area (Å²) in [5.74, 6) is 0.784. The van der Waals surface area contributed by atoms with E-state index >= 15 is 0 Å². The molecule has 0 saturated heterocycles. The Morgan fingerprint density at radius 3 is 2.94 bits per heavy atom. The van der Waals surface area contributed by atoms with Crippen molar-refractivity contribution in [3.8, 4) is 0 Å². The highest BCUT2D eigenvalue weighted by molar-refractivity contribution is 9.10. The smallest absolute Gasteiger partial charge is 0.253 e. The first-order chi connectivity index (χ1) is 8.11. The van der Waals surface area contributed by atoms with E-state index in [-0.39, 0.29) is 5.56 Å². The van der Waals surface area contributed by atoms with Crippen molar-refractivity contribution in [3.05, 3.63) is 44.8 Å². The van der Waals surface area contributed by atoms with E-state index in [1.807, 2.05) is 13.0 Å². The van der Waals surface area contributed by atoms with E-state index in [4.69, 9.17) is 0 Å². The molecule has 90 valence electrons. The molecule has 0 atom stereocenters. The normalized spacial score (nSPS) is 10.8. The molecular weight excluding hydrogens is 284 g/mol. The van der Waals surface area contributed by atoms with E-state index in [2.05, 4.69) is 26.0 Å². The lowest BCUT2D eigenvalue weighted by Crippen LogP contribution is -2.23. The maximum Gasteiger partial charge on any atom is 0.253 e. The number of pyridine rings is 1. The first kappa shape index (κ1) is 12.0. The largest absolute Gasteiger partial charge is 0.307 e. The van der Waals surface area contributed by atoms with Gasteiger partial charge in [-0.25, -0.2) is 9.67 Å². The predicted octanol–water partition coefficient (Wildman–Crippen LogP) is 1.58. The Balaban J connectivity index is 2.40. The molecule has 0 aliphatic heterocycles. The third-order valence-electron chi connectivity index (χ3n) is 2.54. The number of nitrogens with zero attached hydrogens (tertiary/aromatic N) is 4. The lowest BCUT2D eigenvalue weighted by Gasteiger charge is -2.08. The van der Waals surface area contributed by atoms with Crippen LogP contribution in [0.1, 0.15) is 18.3 Å². The van der Waals surface area contributed by atoms with Crippen LogP contribution in [0, 0.1) is 6.92 Å². The van der Waals surface area contributed by atoms with Crippen molar-refractivity contribution in [2.24, 2.45) is 0 Å². The fourth-order valence-corrected chi connectivity index (χ4v) is 2.27. The zero-order valence-electron chi connectivity index (χ0n) is 9.72. The molecule has 0 amide bonds. The molecule has 0 bridgehead atoms. The second kappa shape index (κ2) is 4.83. The Morgan fingerprint density at radius 1 is 1.47 bits per heavy atom. The van der Waals surface area contributed by atoms with E-state index in [1.54, 1.807) is 22.4 Å². The number of hydrogen-bond acceptors (Lipinski definition) is 3. The molecule has 5 nitrogen and oxygen atoms in total. The van der Waals surface area contributed by atoms with E-state index in [0.29, 0.717) is 12.1 Å². The van der Waals surface area contributed by atoms with E-state index < -0.39 is 0 Å². The first-order valence-electron chi connectivity index (χ1n) is 5.35. The van der Waals surface area contributed by atoms with Gasteiger partial charge in [0.05, 0.1) is 6.54 Å². The summed E-state index contributed by atoms with van der Waals surface area (Å²) >= 11 is 3.38. The highest BCUT2D eigenvalue weighted by Gasteiger charge is 2.07. The Morgan fingerprint density at radius 2 is 2.24 bits per heavy atom. The van der Waals surface area contributed by atoms with Gasteiger partial charge in [0.1, 0.15) is 12.2 Å². The molecule has 0 unspecified atom stereocenters. The van der Waals surface area contributed by atoms with Gasteiger partial charge in [-0.15, -0.1) is 0 Å². The zero-order chi connectivity index (χ0) is 12.4. The van der Waals surface area contributed by atoms with Crippen LogP contribution in [-0.4, -0.2) is 19.3 Å². The second-order valence-electron chi connectivity index (χ2n) is 3.77. The standard InChI is InChI=1S/C11H13BrN4O/c1-3-16-10(13-7-14-16)6-15-5-9(12)4-8(2)11(15)17/h4-5,7H,3,6H2,1-2H3. The third kappa shape index (κ3) is 2.46. The van der Waals surface area contributed by atoms with Crippen LogP contribution < -0.4 is 5.56 Å². The van der Waals surface area contributed by atoms with E-state index in [1.165, 1.54) is 6.33 Å². The van der Waals surface area contributed by atoms with Gasteiger partial charge >= 0.3 is 0 Å². The van der Waals surface area contributed by atoms with Crippen molar-refractivity contribution in [2.45, 2.75) is 26.9 Å². The van der Waals surface area contributed by atoms with Crippen molar-refractivity contribution < 1.29 is 0 Å². The molecule has 0 aliphatic rings. The van der Waals surface area contributed by atoms with Crippen LogP contribution in [0.15, 0.2) is 27.9 Å². The third-order valence-corrected chi connectivity index (χ3v) is 2.97. The summed E-state index contributed by atoms with van der Waals surface area (Å²) in [6, 6.07) is 1.81. The SMILES string of the molecule is CCn1ncnc1Cn1cc(Br)cc(C)c1=O. The number of aromatic nitrogens is 4. The molecule has 0 radical (unpaired) electrons. The number of hydrogen-bond donors (Lipinski definition) is 0. The van der Waals surface area contributed by atoms with Crippen LogP contribution in [0.3, 0.4) is 0 Å². The van der Waals surface area contributed by atoms with Gasteiger partial charge < -0.3 is 4.57 Å². The summed E-state index contributed by atoms with van der Waals surface area (Å²) in [6.07, 6.45) is 3.28. The molecule has 2 rings (SSSR count). The van der Waals surface area contributed by atoms with Crippen molar-refractivity contribution in [1.82, 2.24) is 19.3 Å². The molecule has 0 saturated carbocycles. The van der Waals surface area contributed by atoms with Gasteiger partial charge in [-0.3, -0.25) is 4.79 Å². The van der Waals surface area contributed by atoms with Gasteiger partial charge in [0.2, 0.25) is 0 Å².